The largest absolute Gasteiger partial charge is 0.381 e. The molecule has 1 aromatic carbocycles. The molecule has 0 unspecified atom stereocenters. The molecule has 2 fully saturated rings. The minimum atomic E-state index is -2.81. The lowest BCUT2D eigenvalue weighted by atomic mass is 9.93. The van der Waals surface area contributed by atoms with E-state index in [1.807, 2.05) is 0 Å². The predicted molar refractivity (Wildman–Crippen MR) is 125 cm³/mol. The minimum Gasteiger partial charge on any atom is -0.381 e. The molecule has 1 aliphatic heterocycles. The molecule has 1 saturated heterocycles. The van der Waals surface area contributed by atoms with Gasteiger partial charge in [-0.2, -0.15) is 9.97 Å². The first-order chi connectivity index (χ1) is 16.9. The Morgan fingerprint density at radius 3 is 2.66 bits per heavy atom. The summed E-state index contributed by atoms with van der Waals surface area (Å²) in [6, 6.07) is 4.99. The fraction of sp³-hybridized carbons (Fsp3) is 0.435. The van der Waals surface area contributed by atoms with E-state index in [1.165, 1.54) is 11.2 Å². The Bertz CT molecular complexity index is 1530. The van der Waals surface area contributed by atoms with Crippen LogP contribution in [0.1, 0.15) is 31.7 Å². The lowest BCUT2D eigenvalue weighted by Gasteiger charge is -2.39. The van der Waals surface area contributed by atoms with Gasteiger partial charge in [-0.3, -0.25) is 9.13 Å². The molecule has 2 aliphatic rings. The number of H-pyrrole nitrogens is 1. The summed E-state index contributed by atoms with van der Waals surface area (Å²) in [5.41, 5.74) is 2.05. The Morgan fingerprint density at radius 1 is 1.20 bits per heavy atom. The van der Waals surface area contributed by atoms with Crippen LogP contribution in [0.25, 0.3) is 33.0 Å². The second kappa shape index (κ2) is 7.84. The number of anilines is 1. The molecular formula is C23H22F2N8O2. The van der Waals surface area contributed by atoms with Gasteiger partial charge in [-0.1, -0.05) is 6.07 Å². The fourth-order valence-corrected chi connectivity index (χ4v) is 5.08. The molecular weight excluding hydrogens is 458 g/mol. The zero-order valence-electron chi connectivity index (χ0n) is 18.9. The Hall–Kier alpha value is -3.85. The molecule has 180 valence electrons. The van der Waals surface area contributed by atoms with E-state index < -0.39 is 19.0 Å². The van der Waals surface area contributed by atoms with Gasteiger partial charge in [0.05, 0.1) is 36.8 Å². The molecule has 4 aromatic rings. The van der Waals surface area contributed by atoms with Gasteiger partial charge >= 0.3 is 5.69 Å². The summed E-state index contributed by atoms with van der Waals surface area (Å²) in [5.74, 6) is -2.36. The van der Waals surface area contributed by atoms with Crippen LogP contribution in [0.4, 0.5) is 20.3 Å². The second-order valence-corrected chi connectivity index (χ2v) is 9.12. The summed E-state index contributed by atoms with van der Waals surface area (Å²) in [6.45, 7) is 6.35. The molecule has 1 saturated carbocycles. The second-order valence-electron chi connectivity index (χ2n) is 9.12. The van der Waals surface area contributed by atoms with Crippen molar-refractivity contribution in [3.8, 4) is 5.95 Å². The van der Waals surface area contributed by atoms with Crippen molar-refractivity contribution in [1.29, 1.82) is 0 Å². The summed E-state index contributed by atoms with van der Waals surface area (Å²) in [5, 5.41) is 0. The van der Waals surface area contributed by atoms with E-state index in [-0.39, 0.29) is 29.6 Å². The van der Waals surface area contributed by atoms with Crippen molar-refractivity contribution >= 4 is 33.7 Å². The number of ether oxygens (including phenoxy) is 1. The molecule has 35 heavy (non-hydrogen) atoms. The summed E-state index contributed by atoms with van der Waals surface area (Å²) < 4.78 is 36.2. The van der Waals surface area contributed by atoms with Gasteiger partial charge in [0.1, 0.15) is 11.8 Å². The number of aromatic amines is 1. The third kappa shape index (κ3) is 3.54. The number of benzene rings is 1. The number of methoxy groups -OCH3 is 1. The minimum absolute atomic E-state index is 0.0932. The van der Waals surface area contributed by atoms with Crippen LogP contribution in [0.5, 0.6) is 0 Å². The van der Waals surface area contributed by atoms with E-state index in [2.05, 4.69) is 19.8 Å². The van der Waals surface area contributed by atoms with Crippen LogP contribution in [0.2, 0.25) is 0 Å². The van der Waals surface area contributed by atoms with Crippen molar-refractivity contribution < 1.29 is 13.5 Å². The first kappa shape index (κ1) is 21.7. The van der Waals surface area contributed by atoms with Gasteiger partial charge < -0.3 is 14.6 Å². The quantitative estimate of drug-likeness (QED) is 0.449. The Kier molecular flexibility index (Phi) is 4.86. The molecule has 12 heteroatoms. The molecule has 6 rings (SSSR count). The smallest absolute Gasteiger partial charge is 0.328 e. The first-order valence-electron chi connectivity index (χ1n) is 11.4. The standard InChI is InChI=1S/C23H22F2N8O2/c1-26-13-3-8-16-17(9-13)32(12-27-16)21-29-19(31-10-23(24,25)11-31)18-20(30-21)33(22(34)28-18)14-4-6-15(35-2)7-5-14/h3,8-9,12,14-15H,4-7,10-11H2,2H3,(H,28,34). The number of hydrogen-bond acceptors (Lipinski definition) is 6. The first-order valence-corrected chi connectivity index (χ1v) is 11.4. The summed E-state index contributed by atoms with van der Waals surface area (Å²) in [6.07, 6.45) is 4.80. The van der Waals surface area contributed by atoms with Crippen LogP contribution in [0.3, 0.4) is 0 Å². The lowest BCUT2D eigenvalue weighted by molar-refractivity contribution is -0.0265. The van der Waals surface area contributed by atoms with Gasteiger partial charge in [0, 0.05) is 13.2 Å². The maximum atomic E-state index is 13.8. The maximum absolute atomic E-state index is 13.8. The van der Waals surface area contributed by atoms with E-state index >= 15 is 0 Å². The van der Waals surface area contributed by atoms with Crippen molar-refractivity contribution in [2.45, 2.75) is 43.8 Å². The van der Waals surface area contributed by atoms with E-state index in [0.717, 1.165) is 25.7 Å². The Labute approximate surface area is 198 Å². The number of nitrogens with zero attached hydrogens (tertiary/aromatic N) is 7. The number of hydrogen-bond donors (Lipinski definition) is 1. The fourth-order valence-electron chi connectivity index (χ4n) is 5.08. The van der Waals surface area contributed by atoms with E-state index in [4.69, 9.17) is 16.3 Å². The number of rotatable bonds is 4. The van der Waals surface area contributed by atoms with Crippen molar-refractivity contribution in [3.63, 3.8) is 0 Å². The highest BCUT2D eigenvalue weighted by Crippen LogP contribution is 2.36. The van der Waals surface area contributed by atoms with E-state index in [0.29, 0.717) is 27.9 Å². The van der Waals surface area contributed by atoms with Crippen LogP contribution < -0.4 is 10.6 Å². The van der Waals surface area contributed by atoms with Gasteiger partial charge in [0.15, 0.2) is 17.2 Å². The summed E-state index contributed by atoms with van der Waals surface area (Å²) in [4.78, 5) is 34.5. The molecule has 3 aromatic heterocycles. The van der Waals surface area contributed by atoms with Crippen LogP contribution >= 0.6 is 0 Å². The topological polar surface area (TPSA) is 98.2 Å². The van der Waals surface area contributed by atoms with Crippen molar-refractivity contribution in [2.75, 3.05) is 25.1 Å². The Morgan fingerprint density at radius 2 is 1.97 bits per heavy atom. The van der Waals surface area contributed by atoms with Crippen LogP contribution in [-0.4, -0.2) is 61.3 Å². The highest BCUT2D eigenvalue weighted by molar-refractivity contribution is 5.86. The number of nitrogens with one attached hydrogen (secondary N) is 1. The molecule has 0 atom stereocenters. The van der Waals surface area contributed by atoms with Gasteiger partial charge in [-0.25, -0.2) is 23.4 Å². The number of aromatic nitrogens is 6. The zero-order chi connectivity index (χ0) is 24.3. The Balaban J connectivity index is 1.53. The molecule has 1 aliphatic carbocycles. The van der Waals surface area contributed by atoms with E-state index in [9.17, 15) is 13.6 Å². The third-order valence-electron chi connectivity index (χ3n) is 6.90. The maximum Gasteiger partial charge on any atom is 0.328 e. The van der Waals surface area contributed by atoms with E-state index in [1.54, 1.807) is 34.4 Å². The summed E-state index contributed by atoms with van der Waals surface area (Å²) in [7, 11) is 1.69. The SMILES string of the molecule is [C-]#[N+]c1ccc2ncn(-c3nc(N4CC(F)(F)C4)c4[nH]c(=O)n(C5CCC(OC)CC5)c4n3)c2c1. The van der Waals surface area contributed by atoms with Crippen molar-refractivity contribution in [3.05, 3.63) is 46.4 Å². The molecule has 1 N–H and O–H groups in total. The zero-order valence-corrected chi connectivity index (χ0v) is 18.9. The van der Waals surface area contributed by atoms with Gasteiger partial charge in [0.2, 0.25) is 5.95 Å². The van der Waals surface area contributed by atoms with Crippen molar-refractivity contribution in [1.82, 2.24) is 29.1 Å². The number of fused-ring (bicyclic) bond motifs is 2. The number of alkyl halides is 2. The molecule has 10 nitrogen and oxygen atoms in total. The highest BCUT2D eigenvalue weighted by atomic mass is 19.3. The van der Waals surface area contributed by atoms with Gasteiger partial charge in [-0.05, 0) is 37.8 Å². The predicted octanol–water partition coefficient (Wildman–Crippen LogP) is 3.59. The lowest BCUT2D eigenvalue weighted by Crippen LogP contribution is -2.56. The average Bonchev–Trinajstić information content (AvgIpc) is 3.41. The molecule has 0 radical (unpaired) electrons. The van der Waals surface area contributed by atoms with Crippen LogP contribution in [0.15, 0.2) is 29.3 Å². The number of imidazole rings is 2. The third-order valence-corrected chi connectivity index (χ3v) is 6.90. The van der Waals surface area contributed by atoms with Crippen molar-refractivity contribution in [2.24, 2.45) is 0 Å². The van der Waals surface area contributed by atoms with Gasteiger partial charge in [-0.15, -0.1) is 0 Å². The van der Waals surface area contributed by atoms with Gasteiger partial charge in [0.25, 0.3) is 5.92 Å². The normalized spacial score (nSPS) is 21.8. The van der Waals surface area contributed by atoms with Crippen LogP contribution in [-0.2, 0) is 4.74 Å². The average molecular weight is 480 g/mol. The number of halogens is 2. The monoisotopic (exact) mass is 480 g/mol. The molecule has 0 amide bonds. The molecule has 0 spiro atoms. The molecule has 0 bridgehead atoms. The molecule has 4 heterocycles. The summed E-state index contributed by atoms with van der Waals surface area (Å²) >= 11 is 0. The highest BCUT2D eigenvalue weighted by Gasteiger charge is 2.45. The van der Waals surface area contributed by atoms with Crippen LogP contribution in [0, 0.1) is 6.57 Å².